The molecule has 0 aliphatic carbocycles. The van der Waals surface area contributed by atoms with Crippen LogP contribution >= 0.6 is 11.3 Å². The van der Waals surface area contributed by atoms with E-state index in [1.807, 2.05) is 17.6 Å². The van der Waals surface area contributed by atoms with Crippen LogP contribution in [0.3, 0.4) is 0 Å². The van der Waals surface area contributed by atoms with Crippen molar-refractivity contribution in [2.75, 3.05) is 0 Å². The number of nitrogens with zero attached hydrogens (tertiary/aromatic N) is 2. The third-order valence-electron chi connectivity index (χ3n) is 3.18. The molecule has 19 heavy (non-hydrogen) atoms. The highest BCUT2D eigenvalue weighted by Gasteiger charge is 2.21. The average Bonchev–Trinajstić information content (AvgIpc) is 2.89. The number of hydrogen-bond donors (Lipinski definition) is 1. The smallest absolute Gasteiger partial charge is 0.193 e. The molecular weight excluding hydrogens is 254 g/mol. The summed E-state index contributed by atoms with van der Waals surface area (Å²) in [6.07, 6.45) is 5.75. The van der Waals surface area contributed by atoms with E-state index in [0.29, 0.717) is 0 Å². The maximum atomic E-state index is 6.43. The predicted molar refractivity (Wildman–Crippen MR) is 79.5 cm³/mol. The largest absolute Gasteiger partial charge is 0.325 e. The monoisotopic (exact) mass is 271 g/mol. The van der Waals surface area contributed by atoms with Crippen molar-refractivity contribution in [2.24, 2.45) is 5.73 Å². The summed E-state index contributed by atoms with van der Waals surface area (Å²) < 4.78 is 2.05. The fourth-order valence-corrected chi connectivity index (χ4v) is 3.12. The SMILES string of the molecule is CC(N)(Cc1ccccc1)Cc1cn2ccsc2n1. The van der Waals surface area contributed by atoms with Gasteiger partial charge >= 0.3 is 0 Å². The van der Waals surface area contributed by atoms with Gasteiger partial charge in [-0.2, -0.15) is 0 Å². The second-order valence-corrected chi connectivity index (χ2v) is 6.19. The molecule has 1 unspecified atom stereocenters. The van der Waals surface area contributed by atoms with Crippen molar-refractivity contribution >= 4 is 16.3 Å². The molecule has 2 N–H and O–H groups in total. The molecule has 0 radical (unpaired) electrons. The first kappa shape index (κ1) is 12.4. The molecule has 3 nitrogen and oxygen atoms in total. The Morgan fingerprint density at radius 3 is 2.79 bits per heavy atom. The predicted octanol–water partition coefficient (Wildman–Crippen LogP) is 2.90. The maximum absolute atomic E-state index is 6.43. The van der Waals surface area contributed by atoms with Gasteiger partial charge in [0.25, 0.3) is 0 Å². The minimum atomic E-state index is -0.272. The standard InChI is InChI=1S/C15H17N3S/c1-15(16,9-12-5-3-2-4-6-12)10-13-11-18-7-8-19-14(18)17-13/h2-8,11H,9-10,16H2,1H3. The minimum Gasteiger partial charge on any atom is -0.325 e. The summed E-state index contributed by atoms with van der Waals surface area (Å²) in [6.45, 7) is 2.09. The third kappa shape index (κ3) is 2.85. The Morgan fingerprint density at radius 1 is 1.26 bits per heavy atom. The first-order valence-corrected chi connectivity index (χ1v) is 7.24. The Kier molecular flexibility index (Phi) is 3.12. The highest BCUT2D eigenvalue weighted by Crippen LogP contribution is 2.18. The maximum Gasteiger partial charge on any atom is 0.193 e. The van der Waals surface area contributed by atoms with E-state index in [-0.39, 0.29) is 5.54 Å². The van der Waals surface area contributed by atoms with E-state index in [2.05, 4.69) is 46.8 Å². The summed E-state index contributed by atoms with van der Waals surface area (Å²) >= 11 is 1.65. The van der Waals surface area contributed by atoms with Crippen molar-refractivity contribution < 1.29 is 0 Å². The summed E-state index contributed by atoms with van der Waals surface area (Å²) in [5.74, 6) is 0. The zero-order valence-electron chi connectivity index (χ0n) is 10.9. The van der Waals surface area contributed by atoms with Crippen LogP contribution in [0.15, 0.2) is 48.1 Å². The molecular formula is C15H17N3S. The van der Waals surface area contributed by atoms with E-state index in [4.69, 9.17) is 5.73 Å². The lowest BCUT2D eigenvalue weighted by Gasteiger charge is -2.23. The van der Waals surface area contributed by atoms with Crippen LogP contribution in [0.5, 0.6) is 0 Å². The first-order valence-electron chi connectivity index (χ1n) is 6.36. The molecule has 3 aromatic rings. The first-order chi connectivity index (χ1) is 9.12. The molecule has 0 saturated heterocycles. The fraction of sp³-hybridized carbons (Fsp3) is 0.267. The summed E-state index contributed by atoms with van der Waals surface area (Å²) in [4.78, 5) is 5.63. The van der Waals surface area contributed by atoms with Gasteiger partial charge in [-0.15, -0.1) is 11.3 Å². The van der Waals surface area contributed by atoms with Gasteiger partial charge in [-0.25, -0.2) is 4.98 Å². The average molecular weight is 271 g/mol. The molecule has 0 bridgehead atoms. The lowest BCUT2D eigenvalue weighted by atomic mass is 9.89. The normalized spacial score (nSPS) is 14.6. The van der Waals surface area contributed by atoms with E-state index >= 15 is 0 Å². The van der Waals surface area contributed by atoms with Gasteiger partial charge < -0.3 is 5.73 Å². The summed E-state index contributed by atoms with van der Waals surface area (Å²) in [5, 5.41) is 2.04. The lowest BCUT2D eigenvalue weighted by Crippen LogP contribution is -2.41. The van der Waals surface area contributed by atoms with Crippen molar-refractivity contribution in [1.82, 2.24) is 9.38 Å². The molecule has 0 fully saturated rings. The molecule has 1 aromatic carbocycles. The van der Waals surface area contributed by atoms with Crippen LogP contribution < -0.4 is 5.73 Å². The number of fused-ring (bicyclic) bond motifs is 1. The quantitative estimate of drug-likeness (QED) is 0.793. The van der Waals surface area contributed by atoms with Crippen LogP contribution in [0.1, 0.15) is 18.2 Å². The zero-order valence-corrected chi connectivity index (χ0v) is 11.7. The molecule has 4 heteroatoms. The van der Waals surface area contributed by atoms with Crippen LogP contribution in [-0.4, -0.2) is 14.9 Å². The molecule has 0 saturated carbocycles. The Balaban J connectivity index is 1.75. The molecule has 0 spiro atoms. The van der Waals surface area contributed by atoms with Crippen LogP contribution in [0.2, 0.25) is 0 Å². The highest BCUT2D eigenvalue weighted by atomic mass is 32.1. The van der Waals surface area contributed by atoms with Crippen LogP contribution in [0, 0.1) is 0 Å². The molecule has 0 aliphatic rings. The summed E-state index contributed by atoms with van der Waals surface area (Å²) in [6, 6.07) is 10.4. The van der Waals surface area contributed by atoms with Gasteiger partial charge in [0.05, 0.1) is 5.69 Å². The fourth-order valence-electron chi connectivity index (χ4n) is 2.40. The Labute approximate surface area is 116 Å². The molecule has 3 rings (SSSR count). The minimum absolute atomic E-state index is 0.272. The van der Waals surface area contributed by atoms with E-state index < -0.39 is 0 Å². The number of aromatic nitrogens is 2. The Morgan fingerprint density at radius 2 is 2.05 bits per heavy atom. The van der Waals surface area contributed by atoms with Gasteiger partial charge in [0.15, 0.2) is 4.96 Å². The molecule has 0 aliphatic heterocycles. The second-order valence-electron chi connectivity index (χ2n) is 5.32. The molecule has 1 atom stereocenters. The Hall–Kier alpha value is -1.65. The second kappa shape index (κ2) is 4.79. The highest BCUT2D eigenvalue weighted by molar-refractivity contribution is 7.15. The van der Waals surface area contributed by atoms with Crippen molar-refractivity contribution in [3.8, 4) is 0 Å². The van der Waals surface area contributed by atoms with Gasteiger partial charge in [-0.05, 0) is 18.9 Å². The van der Waals surface area contributed by atoms with Crippen molar-refractivity contribution in [3.63, 3.8) is 0 Å². The van der Waals surface area contributed by atoms with Crippen LogP contribution in [0.25, 0.3) is 4.96 Å². The third-order valence-corrected chi connectivity index (χ3v) is 3.95. The number of benzene rings is 1. The van der Waals surface area contributed by atoms with Gasteiger partial charge in [0, 0.05) is 29.7 Å². The van der Waals surface area contributed by atoms with Gasteiger partial charge in [-0.3, -0.25) is 4.40 Å². The Bertz CT molecular complexity index is 638. The van der Waals surface area contributed by atoms with Gasteiger partial charge in [0.2, 0.25) is 0 Å². The zero-order chi connectivity index (χ0) is 13.3. The summed E-state index contributed by atoms with van der Waals surface area (Å²) in [7, 11) is 0. The molecule has 98 valence electrons. The van der Waals surface area contributed by atoms with E-state index in [1.165, 1.54) is 5.56 Å². The van der Waals surface area contributed by atoms with Gasteiger partial charge in [0.1, 0.15) is 0 Å². The lowest BCUT2D eigenvalue weighted by molar-refractivity contribution is 0.459. The van der Waals surface area contributed by atoms with E-state index in [1.54, 1.807) is 11.3 Å². The van der Waals surface area contributed by atoms with Gasteiger partial charge in [-0.1, -0.05) is 30.3 Å². The number of hydrogen-bond acceptors (Lipinski definition) is 3. The van der Waals surface area contributed by atoms with Crippen LogP contribution in [0.4, 0.5) is 0 Å². The van der Waals surface area contributed by atoms with Crippen LogP contribution in [-0.2, 0) is 12.8 Å². The number of imidazole rings is 1. The van der Waals surface area contributed by atoms with E-state index in [0.717, 1.165) is 23.5 Å². The molecule has 2 aromatic heterocycles. The molecule has 0 amide bonds. The number of nitrogens with two attached hydrogens (primary N) is 1. The van der Waals surface area contributed by atoms with E-state index in [9.17, 15) is 0 Å². The van der Waals surface area contributed by atoms with Crippen molar-refractivity contribution in [1.29, 1.82) is 0 Å². The number of rotatable bonds is 4. The topological polar surface area (TPSA) is 43.3 Å². The molecule has 2 heterocycles. The van der Waals surface area contributed by atoms with Crippen molar-refractivity contribution in [2.45, 2.75) is 25.3 Å². The van der Waals surface area contributed by atoms with Crippen molar-refractivity contribution in [3.05, 3.63) is 59.4 Å². The summed E-state index contributed by atoms with van der Waals surface area (Å²) in [5.41, 5.74) is 8.49. The number of thiazole rings is 1.